The van der Waals surface area contributed by atoms with Crippen molar-refractivity contribution < 1.29 is 36.5 Å². The van der Waals surface area contributed by atoms with Gasteiger partial charge in [0.25, 0.3) is 21.9 Å². The predicted molar refractivity (Wildman–Crippen MR) is 129 cm³/mol. The van der Waals surface area contributed by atoms with E-state index in [1.807, 2.05) is 11.8 Å². The summed E-state index contributed by atoms with van der Waals surface area (Å²) >= 11 is 0. The number of nitrogens with zero attached hydrogens (tertiary/aromatic N) is 2. The standard InChI is InChI=1S/C17H17FN4O4.C7H8O3S/c18-11-7-9-10(8-13(11)21-5-3-19-4-6-21)17(26)22(16(9)25)12-1-2-14(23)20-15(12)24;1-6-2-4-7(5-3-6)11(8,9)10/h7-8,12,19H,1-6H2,(H,20,23,24);2-5H,1H3,(H,8,9,10). The van der Waals surface area contributed by atoms with Crippen molar-refractivity contribution in [1.82, 2.24) is 15.5 Å². The van der Waals surface area contributed by atoms with Gasteiger partial charge in [0, 0.05) is 32.6 Å². The number of carbonyl (C=O) groups is 4. The minimum absolute atomic E-state index is 0.0453. The summed E-state index contributed by atoms with van der Waals surface area (Å²) in [6.07, 6.45) is 0.119. The summed E-state index contributed by atoms with van der Waals surface area (Å²) in [6, 6.07) is 7.40. The van der Waals surface area contributed by atoms with Crippen LogP contribution in [0.25, 0.3) is 0 Å². The quantitative estimate of drug-likeness (QED) is 0.386. The minimum Gasteiger partial charge on any atom is -0.367 e. The Morgan fingerprint density at radius 2 is 1.57 bits per heavy atom. The number of piperidine rings is 1. The number of carbonyl (C=O) groups excluding carboxylic acids is 4. The van der Waals surface area contributed by atoms with Crippen molar-refractivity contribution in [1.29, 1.82) is 0 Å². The van der Waals surface area contributed by atoms with E-state index < -0.39 is 45.6 Å². The van der Waals surface area contributed by atoms with Gasteiger partial charge in [-0.1, -0.05) is 17.7 Å². The summed E-state index contributed by atoms with van der Waals surface area (Å²) in [5, 5.41) is 5.30. The molecule has 0 bridgehead atoms. The normalized spacial score (nSPS) is 19.8. The smallest absolute Gasteiger partial charge is 0.294 e. The van der Waals surface area contributed by atoms with Gasteiger partial charge in [0.1, 0.15) is 11.9 Å². The van der Waals surface area contributed by atoms with Gasteiger partial charge in [0.2, 0.25) is 11.8 Å². The number of hydrogen-bond acceptors (Lipinski definition) is 8. The van der Waals surface area contributed by atoms with E-state index in [1.54, 1.807) is 12.1 Å². The van der Waals surface area contributed by atoms with Crippen molar-refractivity contribution in [2.24, 2.45) is 0 Å². The monoisotopic (exact) mass is 532 g/mol. The Labute approximate surface area is 212 Å². The highest BCUT2D eigenvalue weighted by Crippen LogP contribution is 2.32. The lowest BCUT2D eigenvalue weighted by molar-refractivity contribution is -0.136. The molecule has 3 aliphatic heterocycles. The number of hydrogen-bond donors (Lipinski definition) is 3. The third kappa shape index (κ3) is 5.53. The molecule has 3 aliphatic rings. The number of aryl methyl sites for hydroxylation is 1. The summed E-state index contributed by atoms with van der Waals surface area (Å²) in [6.45, 7) is 4.43. The first-order valence-electron chi connectivity index (χ1n) is 11.5. The summed E-state index contributed by atoms with van der Waals surface area (Å²) in [5.74, 6) is -3.02. The molecule has 0 radical (unpaired) electrons. The van der Waals surface area contributed by atoms with Crippen molar-refractivity contribution in [2.75, 3.05) is 31.1 Å². The van der Waals surface area contributed by atoms with Gasteiger partial charge in [0.05, 0.1) is 21.7 Å². The number of rotatable bonds is 3. The Bertz CT molecular complexity index is 1370. The average molecular weight is 533 g/mol. The number of nitrogens with one attached hydrogen (secondary N) is 2. The van der Waals surface area contributed by atoms with Crippen LogP contribution in [0.3, 0.4) is 0 Å². The van der Waals surface area contributed by atoms with E-state index >= 15 is 0 Å². The van der Waals surface area contributed by atoms with Crippen LogP contribution >= 0.6 is 0 Å². The molecule has 2 aromatic rings. The Kier molecular flexibility index (Phi) is 7.39. The maximum absolute atomic E-state index is 14.6. The zero-order valence-corrected chi connectivity index (χ0v) is 20.7. The number of fused-ring (bicyclic) bond motifs is 1. The molecular formula is C24H25FN4O7S. The van der Waals surface area contributed by atoms with E-state index in [2.05, 4.69) is 10.6 Å². The molecule has 5 rings (SSSR count). The number of imide groups is 2. The SMILES string of the molecule is Cc1ccc(S(=O)(=O)O)cc1.O=C1CCC(N2C(=O)c3cc(F)c(N4CCNCC4)cc3C2=O)C(=O)N1. The number of piperazine rings is 1. The topological polar surface area (TPSA) is 153 Å². The lowest BCUT2D eigenvalue weighted by Gasteiger charge is -2.30. The van der Waals surface area contributed by atoms with Crippen molar-refractivity contribution in [2.45, 2.75) is 30.7 Å². The molecule has 2 saturated heterocycles. The average Bonchev–Trinajstić information content (AvgIpc) is 3.08. The van der Waals surface area contributed by atoms with Crippen molar-refractivity contribution in [3.8, 4) is 0 Å². The largest absolute Gasteiger partial charge is 0.367 e. The van der Waals surface area contributed by atoms with E-state index in [-0.39, 0.29) is 34.6 Å². The van der Waals surface area contributed by atoms with Crippen LogP contribution in [0.1, 0.15) is 39.1 Å². The molecule has 196 valence electrons. The van der Waals surface area contributed by atoms with Gasteiger partial charge in [-0.3, -0.25) is 33.9 Å². The summed E-state index contributed by atoms with van der Waals surface area (Å²) in [7, 11) is -4.02. The van der Waals surface area contributed by atoms with Gasteiger partial charge >= 0.3 is 0 Å². The predicted octanol–water partition coefficient (Wildman–Crippen LogP) is 0.878. The van der Waals surface area contributed by atoms with E-state index in [9.17, 15) is 32.0 Å². The number of anilines is 1. The van der Waals surface area contributed by atoms with Gasteiger partial charge in [-0.2, -0.15) is 8.42 Å². The number of amides is 4. The molecule has 2 fully saturated rings. The van der Waals surface area contributed by atoms with E-state index in [4.69, 9.17) is 4.55 Å². The van der Waals surface area contributed by atoms with E-state index in [1.165, 1.54) is 18.2 Å². The molecule has 1 unspecified atom stereocenters. The maximum Gasteiger partial charge on any atom is 0.294 e. The highest BCUT2D eigenvalue weighted by atomic mass is 32.2. The second-order valence-corrected chi connectivity index (χ2v) is 10.2. The fourth-order valence-electron chi connectivity index (χ4n) is 4.34. The van der Waals surface area contributed by atoms with Crippen molar-refractivity contribution in [3.63, 3.8) is 0 Å². The van der Waals surface area contributed by atoms with Crippen LogP contribution in [0.4, 0.5) is 10.1 Å². The zero-order valence-electron chi connectivity index (χ0n) is 19.9. The maximum atomic E-state index is 14.6. The van der Waals surface area contributed by atoms with Crippen LogP contribution in [-0.4, -0.2) is 73.7 Å². The Hall–Kier alpha value is -3.68. The first-order chi connectivity index (χ1) is 17.5. The molecule has 1 atom stereocenters. The molecule has 2 aromatic carbocycles. The molecule has 0 spiro atoms. The molecule has 0 saturated carbocycles. The fraction of sp³-hybridized carbons (Fsp3) is 0.333. The molecule has 4 amide bonds. The van der Waals surface area contributed by atoms with Crippen LogP contribution in [-0.2, 0) is 19.7 Å². The highest BCUT2D eigenvalue weighted by Gasteiger charge is 2.45. The van der Waals surface area contributed by atoms with Crippen molar-refractivity contribution in [3.05, 3.63) is 58.9 Å². The van der Waals surface area contributed by atoms with Crippen LogP contribution in [0.15, 0.2) is 41.3 Å². The van der Waals surface area contributed by atoms with Crippen LogP contribution in [0.5, 0.6) is 0 Å². The van der Waals surface area contributed by atoms with Gasteiger partial charge in [-0.05, 0) is 37.6 Å². The summed E-state index contributed by atoms with van der Waals surface area (Å²) in [4.78, 5) is 51.3. The van der Waals surface area contributed by atoms with Crippen molar-refractivity contribution >= 4 is 39.4 Å². The van der Waals surface area contributed by atoms with Crippen LogP contribution in [0, 0.1) is 12.7 Å². The van der Waals surface area contributed by atoms with Gasteiger partial charge < -0.3 is 10.2 Å². The Balaban J connectivity index is 0.000000245. The van der Waals surface area contributed by atoms with Crippen LogP contribution < -0.4 is 15.5 Å². The van der Waals surface area contributed by atoms with Gasteiger partial charge in [-0.25, -0.2) is 4.39 Å². The van der Waals surface area contributed by atoms with Gasteiger partial charge in [-0.15, -0.1) is 0 Å². The van der Waals surface area contributed by atoms with E-state index in [0.717, 1.165) is 16.5 Å². The molecule has 37 heavy (non-hydrogen) atoms. The third-order valence-electron chi connectivity index (χ3n) is 6.28. The Morgan fingerprint density at radius 3 is 2.14 bits per heavy atom. The lowest BCUT2D eigenvalue weighted by atomic mass is 10.0. The molecule has 3 N–H and O–H groups in total. The Morgan fingerprint density at radius 1 is 0.973 bits per heavy atom. The molecule has 13 heteroatoms. The third-order valence-corrected chi connectivity index (χ3v) is 7.15. The summed E-state index contributed by atoms with van der Waals surface area (Å²) in [5.41, 5.74) is 1.28. The molecule has 11 nitrogen and oxygen atoms in total. The molecule has 0 aliphatic carbocycles. The summed E-state index contributed by atoms with van der Waals surface area (Å²) < 4.78 is 44.1. The minimum atomic E-state index is -4.02. The van der Waals surface area contributed by atoms with E-state index in [0.29, 0.717) is 26.2 Å². The molecule has 3 heterocycles. The first-order valence-corrected chi connectivity index (χ1v) is 13.0. The lowest BCUT2D eigenvalue weighted by Crippen LogP contribution is -2.54. The second-order valence-electron chi connectivity index (χ2n) is 8.82. The highest BCUT2D eigenvalue weighted by molar-refractivity contribution is 7.85. The number of benzene rings is 2. The molecular weight excluding hydrogens is 507 g/mol. The molecule has 0 aromatic heterocycles. The number of halogens is 1. The fourth-order valence-corrected chi connectivity index (χ4v) is 4.82. The first kappa shape index (κ1) is 26.4. The second kappa shape index (κ2) is 10.4. The van der Waals surface area contributed by atoms with Crippen LogP contribution in [0.2, 0.25) is 0 Å². The zero-order chi connectivity index (χ0) is 26.9. The van der Waals surface area contributed by atoms with Gasteiger partial charge in [0.15, 0.2) is 0 Å².